The summed E-state index contributed by atoms with van der Waals surface area (Å²) in [4.78, 5) is 0. The first-order chi connectivity index (χ1) is 20.5. The fourth-order valence-electron chi connectivity index (χ4n) is 6.52. The summed E-state index contributed by atoms with van der Waals surface area (Å²) >= 11 is 0. The number of hydrogen-bond donors (Lipinski definition) is 0. The van der Waals surface area contributed by atoms with Crippen LogP contribution in [0.25, 0.3) is 16.9 Å². The van der Waals surface area contributed by atoms with Crippen molar-refractivity contribution in [3.8, 4) is 22.6 Å². The number of nitrogens with one attached hydrogen (secondary N) is 1. The Morgan fingerprint density at radius 2 is 1.25 bits per heavy atom. The van der Waals surface area contributed by atoms with Crippen molar-refractivity contribution in [1.29, 1.82) is 0 Å². The molecule has 0 spiro atoms. The van der Waals surface area contributed by atoms with Crippen LogP contribution in [-0.4, -0.2) is 30.1 Å². The van der Waals surface area contributed by atoms with Crippen molar-refractivity contribution in [3.63, 3.8) is 0 Å². The molecule has 1 N–H and O–H groups in total. The van der Waals surface area contributed by atoms with E-state index in [1.807, 2.05) is 24.3 Å². The van der Waals surface area contributed by atoms with Crippen LogP contribution in [0.2, 0.25) is 0 Å². The van der Waals surface area contributed by atoms with E-state index in [1.165, 1.54) is 69.8 Å². The molecule has 3 nitrogen and oxygen atoms in total. The quantitative estimate of drug-likeness (QED) is 0.122. The van der Waals surface area contributed by atoms with E-state index in [-0.39, 0.29) is 53.0 Å². The van der Waals surface area contributed by atoms with Gasteiger partial charge in [0, 0.05) is 20.4 Å². The molecule has 2 aliphatic rings. The van der Waals surface area contributed by atoms with E-state index in [1.54, 1.807) is 5.30 Å². The van der Waals surface area contributed by atoms with Crippen LogP contribution in [0.15, 0.2) is 66.7 Å². The van der Waals surface area contributed by atoms with Crippen molar-refractivity contribution in [1.82, 2.24) is 0 Å². The largest absolute Gasteiger partial charge is 1.00 e. The second kappa shape index (κ2) is 20.7. The number of halogens is 1. The van der Waals surface area contributed by atoms with Crippen molar-refractivity contribution < 1.29 is 42.3 Å². The summed E-state index contributed by atoms with van der Waals surface area (Å²) in [7, 11) is -0.213. The van der Waals surface area contributed by atoms with Crippen molar-refractivity contribution in [2.75, 3.05) is 6.54 Å². The molecular weight excluding hydrogens is 675 g/mol. The molecule has 6 heteroatoms. The van der Waals surface area contributed by atoms with Crippen molar-refractivity contribution in [2.45, 2.75) is 122 Å². The van der Waals surface area contributed by atoms with Crippen LogP contribution < -0.4 is 27.2 Å². The van der Waals surface area contributed by atoms with Crippen LogP contribution in [-0.2, 0) is 26.8 Å². The summed E-state index contributed by atoms with van der Waals surface area (Å²) in [6.45, 7) is 8.91. The maximum Gasteiger partial charge on any atom is 0.131 e. The van der Waals surface area contributed by atoms with Crippen molar-refractivity contribution in [3.05, 3.63) is 84.1 Å². The minimum absolute atomic E-state index is 0. The summed E-state index contributed by atoms with van der Waals surface area (Å²) in [5.41, 5.74) is 12.3. The van der Waals surface area contributed by atoms with Gasteiger partial charge in [-0.2, -0.15) is 35.9 Å². The Bertz CT molecular complexity index is 1150. The van der Waals surface area contributed by atoms with Crippen LogP contribution in [0.5, 0.6) is 11.5 Å². The number of ether oxygens (including phenoxy) is 2. The van der Waals surface area contributed by atoms with Crippen molar-refractivity contribution in [2.24, 2.45) is 0 Å². The molecule has 246 valence electrons. The van der Waals surface area contributed by atoms with E-state index in [0.29, 0.717) is 6.54 Å². The Labute approximate surface area is 289 Å². The summed E-state index contributed by atoms with van der Waals surface area (Å²) in [5.74, 6) is 1.91. The molecule has 0 saturated heterocycles. The van der Waals surface area contributed by atoms with Gasteiger partial charge in [0.05, 0.1) is 17.8 Å². The van der Waals surface area contributed by atoms with E-state index in [2.05, 4.69) is 76.2 Å². The van der Waals surface area contributed by atoms with E-state index >= 15 is 0 Å². The zero-order chi connectivity index (χ0) is 29.7. The van der Waals surface area contributed by atoms with Gasteiger partial charge in [-0.1, -0.05) is 83.2 Å². The van der Waals surface area contributed by atoms with Gasteiger partial charge in [0.15, 0.2) is 0 Å². The summed E-state index contributed by atoms with van der Waals surface area (Å²) in [6, 6.07) is 26.4. The van der Waals surface area contributed by atoms with Gasteiger partial charge in [0.25, 0.3) is 0 Å². The monoisotopic (exact) mass is 726 g/mol. The van der Waals surface area contributed by atoms with E-state index in [0.717, 1.165) is 40.4 Å². The van der Waals surface area contributed by atoms with E-state index in [4.69, 9.17) is 15.2 Å². The van der Waals surface area contributed by atoms with Gasteiger partial charge < -0.3 is 27.6 Å². The van der Waals surface area contributed by atoms with E-state index in [9.17, 15) is 0 Å². The molecule has 2 fully saturated rings. The molecule has 2 aliphatic carbocycles. The van der Waals surface area contributed by atoms with Crippen LogP contribution in [0, 0.1) is 6.07 Å². The third-order valence-corrected chi connectivity index (χ3v) is 11.8. The first-order valence-corrected chi connectivity index (χ1v) is 17.9. The summed E-state index contributed by atoms with van der Waals surface area (Å²) < 4.78 is 12.7. The number of rotatable bonds is 10. The predicted molar refractivity (Wildman–Crippen MR) is 182 cm³/mol. The fourth-order valence-corrected chi connectivity index (χ4v) is 10.5. The second-order valence-electron chi connectivity index (χ2n) is 12.4. The topological polar surface area (TPSA) is 42.3 Å². The van der Waals surface area contributed by atoms with Gasteiger partial charge >= 0.3 is 0 Å². The van der Waals surface area contributed by atoms with Gasteiger partial charge in [-0.15, -0.1) is 6.54 Å². The second-order valence-corrected chi connectivity index (χ2v) is 15.1. The molecular formula is C38H52ClNO2PPd-3. The fraction of sp³-hybridized carbons (Fsp3) is 0.526. The maximum absolute atomic E-state index is 6.92. The van der Waals surface area contributed by atoms with E-state index < -0.39 is 0 Å². The summed E-state index contributed by atoms with van der Waals surface area (Å²) in [5, 5.41) is 1.60. The first-order valence-electron chi connectivity index (χ1n) is 16.4. The first kappa shape index (κ1) is 38.8. The third kappa shape index (κ3) is 11.4. The molecule has 44 heavy (non-hydrogen) atoms. The standard InChI is InChI=1S/C30H43O2P.C8H9N.ClH.Pd/c1-22(2)31-27-19-13-20-28(32-23(3)4)30(27)26-18-11-12-21-29(26)33(24-14-7-5-8-15-24)25-16-9-6-10-17-25;9-7-6-8-4-2-1-3-5-8;;/h11-13,18-25H,5-10,14-17H2,1-4H3;1-4,9H,6-7H2;1H;/q;-2;;/p-1. The van der Waals surface area contributed by atoms with Gasteiger partial charge in [-0.25, -0.2) is 0 Å². The van der Waals surface area contributed by atoms with Gasteiger partial charge in [0.2, 0.25) is 0 Å². The molecule has 0 atom stereocenters. The maximum atomic E-state index is 6.92. The van der Waals surface area contributed by atoms with Gasteiger partial charge in [0.1, 0.15) is 11.5 Å². The SMILES string of the molecule is CC(C)Oc1cccc(OC(C)C)c1-c1ccccc1P(C1CCCCC1)C1CCCCC1.[Cl-].[NH-]CCc1[c-]cccc1.[Pd]. The third-order valence-electron chi connectivity index (χ3n) is 8.27. The van der Waals surface area contributed by atoms with Crippen LogP contribution in [0.4, 0.5) is 0 Å². The molecule has 0 heterocycles. The van der Waals surface area contributed by atoms with Gasteiger partial charge in [-0.3, -0.25) is 0 Å². The molecule has 2 saturated carbocycles. The molecule has 0 aromatic heterocycles. The molecule has 0 bridgehead atoms. The van der Waals surface area contributed by atoms with Crippen LogP contribution >= 0.6 is 7.92 Å². The van der Waals surface area contributed by atoms with Crippen LogP contribution in [0.3, 0.4) is 0 Å². The zero-order valence-corrected chi connectivity index (χ0v) is 30.3. The summed E-state index contributed by atoms with van der Waals surface area (Å²) in [6.07, 6.45) is 15.2. The molecule has 3 aromatic rings. The minimum atomic E-state index is -0.213. The molecule has 3 aromatic carbocycles. The Balaban J connectivity index is 0.000000529. The Hall–Kier alpha value is -1.40. The smallest absolute Gasteiger partial charge is 0.131 e. The zero-order valence-electron chi connectivity index (χ0n) is 27.1. The van der Waals surface area contributed by atoms with Gasteiger partial charge in [-0.05, 0) is 87.7 Å². The molecule has 0 radical (unpaired) electrons. The normalized spacial score (nSPS) is 15.6. The number of benzene rings is 3. The predicted octanol–water partition coefficient (Wildman–Crippen LogP) is 7.78. The molecule has 0 aliphatic heterocycles. The minimum Gasteiger partial charge on any atom is -1.00 e. The number of hydrogen-bond acceptors (Lipinski definition) is 2. The Morgan fingerprint density at radius 3 is 1.73 bits per heavy atom. The van der Waals surface area contributed by atoms with Crippen molar-refractivity contribution >= 4 is 13.2 Å². The van der Waals surface area contributed by atoms with Crippen LogP contribution in [0.1, 0.15) is 97.5 Å². The Morgan fingerprint density at radius 1 is 0.727 bits per heavy atom. The molecule has 0 unspecified atom stereocenters. The average molecular weight is 728 g/mol. The average Bonchev–Trinajstić information content (AvgIpc) is 3.00. The molecule has 0 amide bonds. The molecule has 5 rings (SSSR count). The Kier molecular flexibility index (Phi) is 18.2.